The molecule has 4 rings (SSSR count). The molecule has 3 aliphatic rings. The summed E-state index contributed by atoms with van der Waals surface area (Å²) < 4.78 is 11.4. The molecule has 116 valence electrons. The highest BCUT2D eigenvalue weighted by molar-refractivity contribution is 6.30. The summed E-state index contributed by atoms with van der Waals surface area (Å²) in [6.07, 6.45) is 0. The summed E-state index contributed by atoms with van der Waals surface area (Å²) >= 11 is 5.96. The van der Waals surface area contributed by atoms with Crippen LogP contribution in [-0.4, -0.2) is 25.0 Å². The van der Waals surface area contributed by atoms with Crippen LogP contribution >= 0.6 is 11.6 Å². The molecule has 2 N–H and O–H groups in total. The van der Waals surface area contributed by atoms with Crippen LogP contribution in [0.1, 0.15) is 12.5 Å². The Labute approximate surface area is 138 Å². The van der Waals surface area contributed by atoms with Crippen molar-refractivity contribution >= 4 is 17.4 Å². The van der Waals surface area contributed by atoms with Gasteiger partial charge >= 0.3 is 0 Å². The number of nitrogens with zero attached hydrogens (tertiary/aromatic N) is 3. The smallest absolute Gasteiger partial charge is 0.293 e. The molecule has 23 heavy (non-hydrogen) atoms. The first kappa shape index (κ1) is 14.5. The van der Waals surface area contributed by atoms with Crippen molar-refractivity contribution in [3.8, 4) is 12.1 Å². The van der Waals surface area contributed by atoms with E-state index < -0.39 is 22.2 Å². The van der Waals surface area contributed by atoms with E-state index in [0.29, 0.717) is 18.2 Å². The van der Waals surface area contributed by atoms with Gasteiger partial charge in [0, 0.05) is 10.4 Å². The van der Waals surface area contributed by atoms with Crippen LogP contribution in [-0.2, 0) is 14.9 Å². The van der Waals surface area contributed by atoms with Crippen LogP contribution in [0.5, 0.6) is 0 Å². The Morgan fingerprint density at radius 2 is 1.78 bits per heavy atom. The number of hydrogen-bond donors (Lipinski definition) is 1. The van der Waals surface area contributed by atoms with E-state index in [-0.39, 0.29) is 5.84 Å². The number of rotatable bonds is 1. The van der Waals surface area contributed by atoms with Gasteiger partial charge < -0.3 is 15.2 Å². The minimum Gasteiger partial charge on any atom is -0.386 e. The molecule has 2 heterocycles. The van der Waals surface area contributed by atoms with Crippen molar-refractivity contribution < 1.29 is 9.47 Å². The average Bonchev–Trinajstić information content (AvgIpc) is 2.83. The van der Waals surface area contributed by atoms with Crippen LogP contribution in [0.2, 0.25) is 5.02 Å². The zero-order valence-electron chi connectivity index (χ0n) is 12.3. The molecule has 0 unspecified atom stereocenters. The quantitative estimate of drug-likeness (QED) is 0.844. The number of fused-ring (bicyclic) bond motifs is 2. The normalized spacial score (nSPS) is 39.4. The molecule has 1 saturated carbocycles. The lowest BCUT2D eigenvalue weighted by Gasteiger charge is -2.29. The van der Waals surface area contributed by atoms with Crippen LogP contribution in [0.4, 0.5) is 0 Å². The van der Waals surface area contributed by atoms with Gasteiger partial charge in [0.25, 0.3) is 5.91 Å². The number of aliphatic imine (C=N–C) groups is 1. The third kappa shape index (κ3) is 1.16. The van der Waals surface area contributed by atoms with Gasteiger partial charge in [0.15, 0.2) is 10.8 Å². The molecule has 7 heteroatoms. The second-order valence-corrected chi connectivity index (χ2v) is 6.57. The van der Waals surface area contributed by atoms with Gasteiger partial charge in [0.1, 0.15) is 5.84 Å². The summed E-state index contributed by atoms with van der Waals surface area (Å²) in [5.74, 6) is -1.43. The molecule has 1 aromatic carbocycles. The Balaban J connectivity index is 2.00. The van der Waals surface area contributed by atoms with Gasteiger partial charge in [-0.3, -0.25) is 0 Å². The van der Waals surface area contributed by atoms with E-state index in [1.807, 2.05) is 6.92 Å². The van der Waals surface area contributed by atoms with E-state index in [4.69, 9.17) is 26.8 Å². The highest BCUT2D eigenvalue weighted by Crippen LogP contribution is 2.85. The minimum atomic E-state index is -1.52. The number of halogens is 1. The lowest BCUT2D eigenvalue weighted by Crippen LogP contribution is -2.42. The third-order valence-corrected chi connectivity index (χ3v) is 5.81. The first-order valence-corrected chi connectivity index (χ1v) is 7.56. The molecule has 0 radical (unpaired) electrons. The lowest BCUT2D eigenvalue weighted by molar-refractivity contribution is -0.187. The molecule has 6 nitrogen and oxygen atoms in total. The van der Waals surface area contributed by atoms with E-state index in [1.165, 1.54) is 0 Å². The van der Waals surface area contributed by atoms with Crippen molar-refractivity contribution in [2.45, 2.75) is 18.2 Å². The summed E-state index contributed by atoms with van der Waals surface area (Å²) in [6.45, 7) is 2.44. The van der Waals surface area contributed by atoms with Crippen molar-refractivity contribution in [3.05, 3.63) is 34.9 Å². The van der Waals surface area contributed by atoms with E-state index in [1.54, 1.807) is 24.3 Å². The second-order valence-electron chi connectivity index (χ2n) is 6.13. The van der Waals surface area contributed by atoms with Crippen LogP contribution in [0.25, 0.3) is 0 Å². The van der Waals surface area contributed by atoms with E-state index in [0.717, 1.165) is 5.56 Å². The Hall–Kier alpha value is -2.12. The molecule has 2 aliphatic heterocycles. The average molecular weight is 329 g/mol. The zero-order valence-corrected chi connectivity index (χ0v) is 13.1. The summed E-state index contributed by atoms with van der Waals surface area (Å²) in [5, 5.41) is 20.5. The topological polar surface area (TPSA) is 104 Å². The Morgan fingerprint density at radius 1 is 1.17 bits per heavy atom. The van der Waals surface area contributed by atoms with Gasteiger partial charge in [0.2, 0.25) is 0 Å². The van der Waals surface area contributed by atoms with Crippen molar-refractivity contribution in [2.24, 2.45) is 21.6 Å². The van der Waals surface area contributed by atoms with E-state index in [2.05, 4.69) is 17.1 Å². The number of ether oxygens (including phenoxy) is 2. The third-order valence-electron chi connectivity index (χ3n) is 5.56. The van der Waals surface area contributed by atoms with Crippen LogP contribution in [0, 0.1) is 33.5 Å². The lowest BCUT2D eigenvalue weighted by atomic mass is 9.85. The molecule has 1 saturated heterocycles. The maximum absolute atomic E-state index is 10.0. The molecule has 0 aromatic heterocycles. The second kappa shape index (κ2) is 4.04. The number of benzene rings is 1. The molecule has 1 aromatic rings. The maximum Gasteiger partial charge on any atom is 0.293 e. The van der Waals surface area contributed by atoms with Gasteiger partial charge in [0.05, 0.1) is 25.4 Å². The maximum atomic E-state index is 10.0. The monoisotopic (exact) mass is 328 g/mol. The van der Waals surface area contributed by atoms with Crippen molar-refractivity contribution in [1.82, 2.24) is 0 Å². The van der Waals surface area contributed by atoms with Crippen LogP contribution in [0.15, 0.2) is 29.3 Å². The molecule has 1 spiro atoms. The fourth-order valence-corrected chi connectivity index (χ4v) is 4.59. The van der Waals surface area contributed by atoms with Gasteiger partial charge in [-0.2, -0.15) is 10.5 Å². The van der Waals surface area contributed by atoms with Crippen molar-refractivity contribution in [3.63, 3.8) is 0 Å². The SMILES string of the molecule is C[C@@]1(c2ccc(Cl)cc2)[C@]2(C#N)C(N)=NC3(OCCO3)[C@@]21C#N. The fourth-order valence-electron chi connectivity index (χ4n) is 4.46. The number of nitrogens with two attached hydrogens (primary N) is 1. The summed E-state index contributed by atoms with van der Waals surface area (Å²) in [7, 11) is 0. The number of nitriles is 2. The summed E-state index contributed by atoms with van der Waals surface area (Å²) in [4.78, 5) is 4.25. The predicted molar refractivity (Wildman–Crippen MR) is 81.2 cm³/mol. The molecule has 0 bridgehead atoms. The molecular weight excluding hydrogens is 316 g/mol. The number of hydrogen-bond acceptors (Lipinski definition) is 6. The zero-order chi connectivity index (χ0) is 16.5. The summed E-state index contributed by atoms with van der Waals surface area (Å²) in [5.41, 5.74) is 3.39. The van der Waals surface area contributed by atoms with Crippen molar-refractivity contribution in [1.29, 1.82) is 10.5 Å². The molecule has 1 aliphatic carbocycles. The fraction of sp³-hybridized carbons (Fsp3) is 0.438. The van der Waals surface area contributed by atoms with Gasteiger partial charge in [-0.25, -0.2) is 4.99 Å². The summed E-state index contributed by atoms with van der Waals surface area (Å²) in [6, 6.07) is 11.6. The van der Waals surface area contributed by atoms with Gasteiger partial charge in [-0.15, -0.1) is 0 Å². The molecular formula is C16H13ClN4O2. The van der Waals surface area contributed by atoms with E-state index in [9.17, 15) is 10.5 Å². The Bertz CT molecular complexity index is 818. The standard InChI is InChI=1S/C16H13ClN4O2/c1-13(10-2-4-11(17)5-3-10)14(8-18)12(20)21-16(15(13,14)9-19)22-6-7-23-16/h2-5H,6-7H2,1H3,(H2,20,21)/t13-,14+,15-/m1/s1. The molecule has 0 amide bonds. The first-order valence-electron chi connectivity index (χ1n) is 7.18. The van der Waals surface area contributed by atoms with Gasteiger partial charge in [-0.1, -0.05) is 30.7 Å². The Morgan fingerprint density at radius 3 is 2.30 bits per heavy atom. The van der Waals surface area contributed by atoms with Crippen LogP contribution < -0.4 is 5.73 Å². The largest absolute Gasteiger partial charge is 0.386 e. The molecule has 2 fully saturated rings. The Kier molecular flexibility index (Phi) is 2.54. The van der Waals surface area contributed by atoms with E-state index >= 15 is 0 Å². The van der Waals surface area contributed by atoms with Gasteiger partial charge in [-0.05, 0) is 17.7 Å². The molecule has 3 atom stereocenters. The number of amidine groups is 1. The first-order chi connectivity index (χ1) is 11.0. The predicted octanol–water partition coefficient (Wildman–Crippen LogP) is 1.70. The highest BCUT2D eigenvalue weighted by Gasteiger charge is 3.00. The van der Waals surface area contributed by atoms with Crippen LogP contribution in [0.3, 0.4) is 0 Å². The minimum absolute atomic E-state index is 0.0842. The highest BCUT2D eigenvalue weighted by atomic mass is 35.5. The van der Waals surface area contributed by atoms with Crippen molar-refractivity contribution in [2.75, 3.05) is 13.2 Å².